The van der Waals surface area contributed by atoms with Gasteiger partial charge in [-0.15, -0.1) is 10.2 Å². The molecule has 1 aliphatic heterocycles. The Labute approximate surface area is 133 Å². The van der Waals surface area contributed by atoms with E-state index in [2.05, 4.69) is 20.4 Å². The number of amides is 1. The molecular weight excluding hydrogens is 300 g/mol. The fourth-order valence-corrected chi connectivity index (χ4v) is 3.03. The molecule has 3 rings (SSSR count). The average molecular weight is 318 g/mol. The topological polar surface area (TPSA) is 67.3 Å². The molecule has 6 nitrogen and oxygen atoms in total. The van der Waals surface area contributed by atoms with Crippen LogP contribution in [0.15, 0.2) is 35.8 Å². The summed E-state index contributed by atoms with van der Waals surface area (Å²) in [4.78, 5) is 14.2. The van der Waals surface area contributed by atoms with Crippen molar-refractivity contribution in [3.63, 3.8) is 0 Å². The normalized spacial score (nSPS) is 18.3. The minimum absolute atomic E-state index is 0.0524. The van der Waals surface area contributed by atoms with Gasteiger partial charge in [0.1, 0.15) is 17.9 Å². The summed E-state index contributed by atoms with van der Waals surface area (Å²) in [6.45, 7) is 1.89. The summed E-state index contributed by atoms with van der Waals surface area (Å²) in [7, 11) is 0. The maximum absolute atomic E-state index is 12.0. The van der Waals surface area contributed by atoms with E-state index in [0.29, 0.717) is 18.3 Å². The van der Waals surface area contributed by atoms with E-state index in [9.17, 15) is 4.79 Å². The summed E-state index contributed by atoms with van der Waals surface area (Å²) >= 11 is 1.32. The number of anilines is 1. The van der Waals surface area contributed by atoms with Gasteiger partial charge in [0.2, 0.25) is 11.0 Å². The van der Waals surface area contributed by atoms with Crippen molar-refractivity contribution in [3.05, 3.63) is 35.8 Å². The lowest BCUT2D eigenvalue weighted by Gasteiger charge is -2.23. The molecule has 1 N–H and O–H groups in total. The molecule has 0 radical (unpaired) electrons. The van der Waals surface area contributed by atoms with Gasteiger partial charge < -0.3 is 4.74 Å². The number of hydrogen-bond donors (Lipinski definition) is 1. The SMILES string of the molecule is O=C(CN1CCC[C@@H]1COc1ccccc1)Nc1nncs1. The lowest BCUT2D eigenvalue weighted by atomic mass is 10.2. The molecule has 1 aromatic heterocycles. The van der Waals surface area contributed by atoms with Gasteiger partial charge >= 0.3 is 0 Å². The first-order chi connectivity index (χ1) is 10.8. The van der Waals surface area contributed by atoms with Crippen molar-refractivity contribution in [1.29, 1.82) is 0 Å². The molecule has 0 bridgehead atoms. The van der Waals surface area contributed by atoms with Crippen LogP contribution in [-0.2, 0) is 4.79 Å². The van der Waals surface area contributed by atoms with Gasteiger partial charge in [-0.25, -0.2) is 0 Å². The highest BCUT2D eigenvalue weighted by molar-refractivity contribution is 7.13. The molecule has 2 heterocycles. The summed E-state index contributed by atoms with van der Waals surface area (Å²) in [6, 6.07) is 10.0. The van der Waals surface area contributed by atoms with Gasteiger partial charge in [-0.05, 0) is 31.5 Å². The second-order valence-corrected chi connectivity index (χ2v) is 6.02. The number of nitrogens with zero attached hydrogens (tertiary/aromatic N) is 3. The monoisotopic (exact) mass is 318 g/mol. The lowest BCUT2D eigenvalue weighted by molar-refractivity contribution is -0.117. The summed E-state index contributed by atoms with van der Waals surface area (Å²) in [5.74, 6) is 0.816. The molecule has 1 aromatic carbocycles. The fourth-order valence-electron chi connectivity index (χ4n) is 2.57. The van der Waals surface area contributed by atoms with Crippen LogP contribution in [-0.4, -0.2) is 46.7 Å². The third kappa shape index (κ3) is 4.02. The smallest absolute Gasteiger partial charge is 0.240 e. The van der Waals surface area contributed by atoms with E-state index in [1.807, 2.05) is 30.3 Å². The lowest BCUT2D eigenvalue weighted by Crippen LogP contribution is -2.39. The Kier molecular flexibility index (Phi) is 4.97. The number of aromatic nitrogens is 2. The number of para-hydroxylation sites is 1. The van der Waals surface area contributed by atoms with E-state index in [-0.39, 0.29) is 11.9 Å². The van der Waals surface area contributed by atoms with Gasteiger partial charge in [-0.2, -0.15) is 0 Å². The molecule has 2 aromatic rings. The number of rotatable bonds is 6. The quantitative estimate of drug-likeness (QED) is 0.882. The number of ether oxygens (including phenoxy) is 1. The molecule has 7 heteroatoms. The van der Waals surface area contributed by atoms with E-state index >= 15 is 0 Å². The third-order valence-electron chi connectivity index (χ3n) is 3.64. The van der Waals surface area contributed by atoms with Gasteiger partial charge in [0.15, 0.2) is 0 Å². The molecule has 1 saturated heterocycles. The van der Waals surface area contributed by atoms with Gasteiger partial charge in [0, 0.05) is 6.04 Å². The molecule has 1 atom stereocenters. The Morgan fingerprint density at radius 1 is 1.41 bits per heavy atom. The Bertz CT molecular complexity index is 591. The molecule has 1 fully saturated rings. The van der Waals surface area contributed by atoms with Crippen LogP contribution in [0.4, 0.5) is 5.13 Å². The zero-order chi connectivity index (χ0) is 15.2. The summed E-state index contributed by atoms with van der Waals surface area (Å²) in [5, 5.41) is 10.8. The van der Waals surface area contributed by atoms with Crippen molar-refractivity contribution in [2.24, 2.45) is 0 Å². The molecular formula is C15H18N4O2S. The first kappa shape index (κ1) is 14.9. The number of carbonyl (C=O) groups excluding carboxylic acids is 1. The van der Waals surface area contributed by atoms with E-state index in [1.54, 1.807) is 5.51 Å². The number of likely N-dealkylation sites (tertiary alicyclic amines) is 1. The largest absolute Gasteiger partial charge is 0.492 e. The van der Waals surface area contributed by atoms with Crippen LogP contribution < -0.4 is 10.1 Å². The average Bonchev–Trinajstić information content (AvgIpc) is 3.18. The molecule has 0 unspecified atom stereocenters. The third-order valence-corrected chi connectivity index (χ3v) is 4.24. The Morgan fingerprint density at radius 3 is 3.05 bits per heavy atom. The van der Waals surface area contributed by atoms with E-state index in [0.717, 1.165) is 25.1 Å². The van der Waals surface area contributed by atoms with Crippen LogP contribution in [0.1, 0.15) is 12.8 Å². The highest BCUT2D eigenvalue weighted by Crippen LogP contribution is 2.19. The second kappa shape index (κ2) is 7.33. The van der Waals surface area contributed by atoms with Crippen molar-refractivity contribution in [2.75, 3.05) is 25.0 Å². The minimum atomic E-state index is -0.0524. The van der Waals surface area contributed by atoms with Crippen molar-refractivity contribution in [3.8, 4) is 5.75 Å². The van der Waals surface area contributed by atoms with Gasteiger partial charge in [0.25, 0.3) is 0 Å². The molecule has 0 aliphatic carbocycles. The van der Waals surface area contributed by atoms with Crippen molar-refractivity contribution < 1.29 is 9.53 Å². The highest BCUT2D eigenvalue weighted by Gasteiger charge is 2.27. The van der Waals surface area contributed by atoms with E-state index in [1.165, 1.54) is 11.3 Å². The summed E-state index contributed by atoms with van der Waals surface area (Å²) in [5.41, 5.74) is 1.60. The number of benzene rings is 1. The van der Waals surface area contributed by atoms with Crippen molar-refractivity contribution >= 4 is 22.4 Å². The molecule has 0 spiro atoms. The molecule has 1 amide bonds. The summed E-state index contributed by atoms with van der Waals surface area (Å²) < 4.78 is 5.81. The predicted octanol–water partition coefficient (Wildman–Crippen LogP) is 2.02. The summed E-state index contributed by atoms with van der Waals surface area (Å²) in [6.07, 6.45) is 2.15. The maximum atomic E-state index is 12.0. The molecule has 116 valence electrons. The zero-order valence-electron chi connectivity index (χ0n) is 12.1. The van der Waals surface area contributed by atoms with Crippen LogP contribution in [0.5, 0.6) is 5.75 Å². The Hall–Kier alpha value is -1.99. The number of hydrogen-bond acceptors (Lipinski definition) is 6. The van der Waals surface area contributed by atoms with Crippen LogP contribution in [0.25, 0.3) is 0 Å². The van der Waals surface area contributed by atoms with Crippen molar-refractivity contribution in [2.45, 2.75) is 18.9 Å². The maximum Gasteiger partial charge on any atom is 0.240 e. The molecule has 1 aliphatic rings. The minimum Gasteiger partial charge on any atom is -0.492 e. The number of carbonyl (C=O) groups is 1. The van der Waals surface area contributed by atoms with Gasteiger partial charge in [-0.3, -0.25) is 15.0 Å². The fraction of sp³-hybridized carbons (Fsp3) is 0.400. The van der Waals surface area contributed by atoms with Crippen LogP contribution in [0.3, 0.4) is 0 Å². The standard InChI is InChI=1S/C15H18N4O2S/c20-14(17-15-18-16-11-22-15)9-19-8-4-5-12(19)10-21-13-6-2-1-3-7-13/h1-3,6-7,11-12H,4-5,8-10H2,(H,17,18,20)/t12-/m1/s1. The molecule has 22 heavy (non-hydrogen) atoms. The van der Waals surface area contributed by atoms with Gasteiger partial charge in [-0.1, -0.05) is 29.5 Å². The first-order valence-electron chi connectivity index (χ1n) is 7.29. The Morgan fingerprint density at radius 2 is 2.27 bits per heavy atom. The highest BCUT2D eigenvalue weighted by atomic mass is 32.1. The number of nitrogens with one attached hydrogen (secondary N) is 1. The zero-order valence-corrected chi connectivity index (χ0v) is 13.0. The predicted molar refractivity (Wildman–Crippen MR) is 85.1 cm³/mol. The molecule has 0 saturated carbocycles. The Balaban J connectivity index is 1.49. The van der Waals surface area contributed by atoms with E-state index in [4.69, 9.17) is 4.74 Å². The van der Waals surface area contributed by atoms with Crippen LogP contribution in [0, 0.1) is 0 Å². The van der Waals surface area contributed by atoms with Gasteiger partial charge in [0.05, 0.1) is 6.54 Å². The first-order valence-corrected chi connectivity index (χ1v) is 8.17. The second-order valence-electron chi connectivity index (χ2n) is 5.18. The van der Waals surface area contributed by atoms with Crippen LogP contribution in [0.2, 0.25) is 0 Å². The van der Waals surface area contributed by atoms with Crippen LogP contribution >= 0.6 is 11.3 Å². The van der Waals surface area contributed by atoms with E-state index < -0.39 is 0 Å². The van der Waals surface area contributed by atoms with Crippen molar-refractivity contribution in [1.82, 2.24) is 15.1 Å².